The number of hydrogen-bond acceptors (Lipinski definition) is 3. The molecule has 132 valence electrons. The van der Waals surface area contributed by atoms with Gasteiger partial charge in [0.1, 0.15) is 0 Å². The summed E-state index contributed by atoms with van der Waals surface area (Å²) in [5.74, 6) is 0.0755. The number of amides is 1. The molecule has 3 rings (SSSR count). The standard InChI is InChI=1S/C22H22N2O2/c1-15-6-7-20(16(2)12-15)21(25)18-8-10-24(11-9-18)22(26)19-5-3-4-17(13-19)14-23/h3-7,12-13,18H,8-11H2,1-2H3. The summed E-state index contributed by atoms with van der Waals surface area (Å²) in [5.41, 5.74) is 3.97. The highest BCUT2D eigenvalue weighted by Gasteiger charge is 2.29. The predicted octanol–water partition coefficient (Wildman–Crippen LogP) is 3.91. The van der Waals surface area contributed by atoms with Crippen LogP contribution in [0.25, 0.3) is 0 Å². The van der Waals surface area contributed by atoms with Crippen molar-refractivity contribution in [1.82, 2.24) is 4.90 Å². The van der Waals surface area contributed by atoms with Crippen molar-refractivity contribution in [2.75, 3.05) is 13.1 Å². The molecule has 0 unspecified atom stereocenters. The van der Waals surface area contributed by atoms with Gasteiger partial charge in [-0.05, 0) is 50.5 Å². The van der Waals surface area contributed by atoms with E-state index in [2.05, 4.69) is 6.07 Å². The molecule has 2 aromatic carbocycles. The molecule has 0 spiro atoms. The minimum atomic E-state index is -0.0699. The number of rotatable bonds is 3. The monoisotopic (exact) mass is 346 g/mol. The molecule has 1 heterocycles. The van der Waals surface area contributed by atoms with Crippen LogP contribution in [-0.4, -0.2) is 29.7 Å². The topological polar surface area (TPSA) is 61.2 Å². The average Bonchev–Trinajstić information content (AvgIpc) is 2.67. The number of nitrogens with zero attached hydrogens (tertiary/aromatic N) is 2. The quantitative estimate of drug-likeness (QED) is 0.792. The van der Waals surface area contributed by atoms with Crippen LogP contribution in [0.2, 0.25) is 0 Å². The second-order valence-corrected chi connectivity index (χ2v) is 6.94. The molecule has 1 amide bonds. The Kier molecular flexibility index (Phi) is 5.18. The van der Waals surface area contributed by atoms with Crippen LogP contribution in [-0.2, 0) is 0 Å². The Morgan fingerprint density at radius 3 is 2.46 bits per heavy atom. The molecular formula is C22H22N2O2. The molecule has 1 saturated heterocycles. The normalized spacial score (nSPS) is 14.7. The third kappa shape index (κ3) is 3.67. The van der Waals surface area contributed by atoms with Gasteiger partial charge in [-0.25, -0.2) is 0 Å². The number of aryl methyl sites for hydroxylation is 2. The summed E-state index contributed by atoms with van der Waals surface area (Å²) in [7, 11) is 0. The summed E-state index contributed by atoms with van der Waals surface area (Å²) in [6, 6.07) is 14.7. The fraction of sp³-hybridized carbons (Fsp3) is 0.318. The van der Waals surface area contributed by atoms with E-state index in [9.17, 15) is 9.59 Å². The third-order valence-corrected chi connectivity index (χ3v) is 5.04. The summed E-state index contributed by atoms with van der Waals surface area (Å²) in [5, 5.41) is 8.99. The molecule has 1 aliphatic heterocycles. The van der Waals surface area contributed by atoms with Gasteiger partial charge in [-0.15, -0.1) is 0 Å². The van der Waals surface area contributed by atoms with Crippen LogP contribution < -0.4 is 0 Å². The number of carbonyl (C=O) groups is 2. The van der Waals surface area contributed by atoms with Crippen molar-refractivity contribution in [2.45, 2.75) is 26.7 Å². The predicted molar refractivity (Wildman–Crippen MR) is 100 cm³/mol. The van der Waals surface area contributed by atoms with E-state index in [1.807, 2.05) is 32.0 Å². The molecule has 1 aliphatic rings. The van der Waals surface area contributed by atoms with Crippen molar-refractivity contribution in [3.05, 3.63) is 70.3 Å². The molecule has 0 aliphatic carbocycles. The lowest BCUT2D eigenvalue weighted by Gasteiger charge is -2.31. The van der Waals surface area contributed by atoms with E-state index in [0.717, 1.165) is 16.7 Å². The lowest BCUT2D eigenvalue weighted by Crippen LogP contribution is -2.40. The summed E-state index contributed by atoms with van der Waals surface area (Å²) >= 11 is 0. The Morgan fingerprint density at radius 2 is 1.81 bits per heavy atom. The zero-order chi connectivity index (χ0) is 18.7. The van der Waals surface area contributed by atoms with Gasteiger partial charge >= 0.3 is 0 Å². The third-order valence-electron chi connectivity index (χ3n) is 5.04. The van der Waals surface area contributed by atoms with Gasteiger partial charge in [-0.2, -0.15) is 5.26 Å². The molecule has 0 radical (unpaired) electrons. The maximum absolute atomic E-state index is 12.8. The minimum Gasteiger partial charge on any atom is -0.339 e. The SMILES string of the molecule is Cc1ccc(C(=O)C2CCN(C(=O)c3cccc(C#N)c3)CC2)c(C)c1. The van der Waals surface area contributed by atoms with Crippen molar-refractivity contribution >= 4 is 11.7 Å². The lowest BCUT2D eigenvalue weighted by atomic mass is 9.87. The van der Waals surface area contributed by atoms with E-state index in [-0.39, 0.29) is 17.6 Å². The first-order valence-electron chi connectivity index (χ1n) is 8.90. The van der Waals surface area contributed by atoms with Gasteiger partial charge in [0.05, 0.1) is 11.6 Å². The van der Waals surface area contributed by atoms with Crippen LogP contribution >= 0.6 is 0 Å². The summed E-state index contributed by atoms with van der Waals surface area (Å²) in [6.45, 7) is 5.13. The summed E-state index contributed by atoms with van der Waals surface area (Å²) < 4.78 is 0. The molecule has 0 saturated carbocycles. The molecule has 1 fully saturated rings. The van der Waals surface area contributed by atoms with Gasteiger partial charge in [-0.3, -0.25) is 9.59 Å². The highest BCUT2D eigenvalue weighted by atomic mass is 16.2. The molecule has 4 heteroatoms. The van der Waals surface area contributed by atoms with Crippen LogP contribution in [0.4, 0.5) is 0 Å². The fourth-order valence-electron chi connectivity index (χ4n) is 3.56. The number of Topliss-reactive ketones (excluding diaryl/α,β-unsaturated/α-hetero) is 1. The van der Waals surface area contributed by atoms with Gasteiger partial charge in [0, 0.05) is 30.1 Å². The molecule has 26 heavy (non-hydrogen) atoms. The van der Waals surface area contributed by atoms with E-state index in [1.165, 1.54) is 0 Å². The molecular weight excluding hydrogens is 324 g/mol. The van der Waals surface area contributed by atoms with Gasteiger partial charge in [0.15, 0.2) is 5.78 Å². The largest absolute Gasteiger partial charge is 0.339 e. The molecule has 0 aromatic heterocycles. The summed E-state index contributed by atoms with van der Waals surface area (Å²) in [6.07, 6.45) is 1.35. The maximum Gasteiger partial charge on any atom is 0.253 e. The van der Waals surface area contributed by atoms with E-state index in [1.54, 1.807) is 29.2 Å². The van der Waals surface area contributed by atoms with Gasteiger partial charge in [0.2, 0.25) is 0 Å². The first-order valence-corrected chi connectivity index (χ1v) is 8.90. The Labute approximate surface area is 154 Å². The molecule has 4 nitrogen and oxygen atoms in total. The van der Waals surface area contributed by atoms with Crippen molar-refractivity contribution < 1.29 is 9.59 Å². The number of hydrogen-bond donors (Lipinski definition) is 0. The van der Waals surface area contributed by atoms with Crippen LogP contribution in [0, 0.1) is 31.1 Å². The number of likely N-dealkylation sites (tertiary alicyclic amines) is 1. The Balaban J connectivity index is 1.66. The van der Waals surface area contributed by atoms with Crippen LogP contribution in [0.1, 0.15) is 50.2 Å². The summed E-state index contributed by atoms with van der Waals surface area (Å²) in [4.78, 5) is 27.2. The van der Waals surface area contributed by atoms with E-state index in [4.69, 9.17) is 5.26 Å². The van der Waals surface area contributed by atoms with Crippen molar-refractivity contribution in [3.63, 3.8) is 0 Å². The first-order chi connectivity index (χ1) is 12.5. The lowest BCUT2D eigenvalue weighted by molar-refractivity contribution is 0.0650. The van der Waals surface area contributed by atoms with Gasteiger partial charge in [-0.1, -0.05) is 29.8 Å². The van der Waals surface area contributed by atoms with Crippen molar-refractivity contribution in [3.8, 4) is 6.07 Å². The number of nitriles is 1. The molecule has 0 bridgehead atoms. The van der Waals surface area contributed by atoms with E-state index in [0.29, 0.717) is 37.1 Å². The fourth-order valence-corrected chi connectivity index (χ4v) is 3.56. The van der Waals surface area contributed by atoms with Crippen molar-refractivity contribution in [2.24, 2.45) is 5.92 Å². The molecule has 2 aromatic rings. The van der Waals surface area contributed by atoms with Gasteiger partial charge < -0.3 is 4.90 Å². The number of carbonyl (C=O) groups excluding carboxylic acids is 2. The number of ketones is 1. The highest BCUT2D eigenvalue weighted by molar-refractivity contribution is 5.99. The average molecular weight is 346 g/mol. The Bertz CT molecular complexity index is 887. The molecule has 0 atom stereocenters. The smallest absolute Gasteiger partial charge is 0.253 e. The maximum atomic E-state index is 12.8. The second-order valence-electron chi connectivity index (χ2n) is 6.94. The number of piperidine rings is 1. The van der Waals surface area contributed by atoms with Crippen LogP contribution in [0.15, 0.2) is 42.5 Å². The molecule has 0 N–H and O–H groups in total. The Morgan fingerprint density at radius 1 is 1.08 bits per heavy atom. The zero-order valence-electron chi connectivity index (χ0n) is 15.2. The Hall–Kier alpha value is -2.93. The second kappa shape index (κ2) is 7.53. The van der Waals surface area contributed by atoms with E-state index >= 15 is 0 Å². The minimum absolute atomic E-state index is 0.0362. The van der Waals surface area contributed by atoms with E-state index < -0.39 is 0 Å². The van der Waals surface area contributed by atoms with Crippen LogP contribution in [0.3, 0.4) is 0 Å². The van der Waals surface area contributed by atoms with Gasteiger partial charge in [0.25, 0.3) is 5.91 Å². The van der Waals surface area contributed by atoms with Crippen LogP contribution in [0.5, 0.6) is 0 Å². The van der Waals surface area contributed by atoms with Crippen molar-refractivity contribution in [1.29, 1.82) is 5.26 Å². The first kappa shape index (κ1) is 17.9. The number of benzene rings is 2. The zero-order valence-corrected chi connectivity index (χ0v) is 15.2. The highest BCUT2D eigenvalue weighted by Crippen LogP contribution is 2.25.